The van der Waals surface area contributed by atoms with E-state index in [0.717, 1.165) is 16.9 Å². The van der Waals surface area contributed by atoms with Gasteiger partial charge in [0.05, 0.1) is 5.92 Å². The molecule has 0 aliphatic carbocycles. The van der Waals surface area contributed by atoms with Crippen molar-refractivity contribution in [3.05, 3.63) is 59.2 Å². The fourth-order valence-corrected chi connectivity index (χ4v) is 2.15. The average Bonchev–Trinajstić information content (AvgIpc) is 2.43. The van der Waals surface area contributed by atoms with Crippen molar-refractivity contribution < 1.29 is 9.90 Å². The normalized spacial score (nSPS) is 11.9. The van der Waals surface area contributed by atoms with E-state index in [1.807, 2.05) is 36.4 Å². The molecular formula is C17H19NO2. The third kappa shape index (κ3) is 2.82. The lowest BCUT2D eigenvalue weighted by Crippen LogP contribution is -2.10. The van der Waals surface area contributed by atoms with Crippen molar-refractivity contribution in [3.63, 3.8) is 0 Å². The van der Waals surface area contributed by atoms with Crippen molar-refractivity contribution in [1.82, 2.24) is 0 Å². The van der Waals surface area contributed by atoms with Crippen LogP contribution < -0.4 is 5.32 Å². The molecule has 0 bridgehead atoms. The van der Waals surface area contributed by atoms with Gasteiger partial charge >= 0.3 is 5.97 Å². The largest absolute Gasteiger partial charge is 0.481 e. The summed E-state index contributed by atoms with van der Waals surface area (Å²) in [7, 11) is 0. The summed E-state index contributed by atoms with van der Waals surface area (Å²) >= 11 is 0. The van der Waals surface area contributed by atoms with Gasteiger partial charge in [0.15, 0.2) is 0 Å². The zero-order valence-corrected chi connectivity index (χ0v) is 12.0. The number of hydrogen-bond acceptors (Lipinski definition) is 2. The van der Waals surface area contributed by atoms with E-state index < -0.39 is 11.9 Å². The number of aryl methyl sites for hydroxylation is 1. The Morgan fingerprint density at radius 3 is 2.40 bits per heavy atom. The molecule has 0 heterocycles. The highest BCUT2D eigenvalue weighted by Crippen LogP contribution is 2.29. The minimum atomic E-state index is -0.819. The quantitative estimate of drug-likeness (QED) is 0.873. The van der Waals surface area contributed by atoms with E-state index in [9.17, 15) is 9.90 Å². The molecule has 0 aliphatic heterocycles. The summed E-state index contributed by atoms with van der Waals surface area (Å²) in [4.78, 5) is 11.2. The third-order valence-electron chi connectivity index (χ3n) is 3.67. The maximum absolute atomic E-state index is 11.2. The summed E-state index contributed by atoms with van der Waals surface area (Å²) in [6.07, 6.45) is 0. The van der Waals surface area contributed by atoms with Gasteiger partial charge in [-0.2, -0.15) is 0 Å². The molecule has 2 N–H and O–H groups in total. The van der Waals surface area contributed by atoms with Crippen LogP contribution in [0.15, 0.2) is 42.5 Å². The van der Waals surface area contributed by atoms with Gasteiger partial charge in [0.2, 0.25) is 0 Å². The number of benzene rings is 2. The zero-order valence-electron chi connectivity index (χ0n) is 12.0. The number of hydrogen-bond donors (Lipinski definition) is 2. The number of carboxylic acid groups (broad SMARTS) is 1. The molecule has 1 unspecified atom stereocenters. The van der Waals surface area contributed by atoms with E-state index in [-0.39, 0.29) is 0 Å². The van der Waals surface area contributed by atoms with Crippen molar-refractivity contribution in [2.24, 2.45) is 0 Å². The summed E-state index contributed by atoms with van der Waals surface area (Å²) in [5.74, 6) is -1.36. The van der Waals surface area contributed by atoms with Crippen LogP contribution in [0, 0.1) is 13.8 Å². The zero-order chi connectivity index (χ0) is 14.7. The SMILES string of the molecule is Cc1cccc(Nc2ccccc2C(C)C(=O)O)c1C. The second-order valence-corrected chi connectivity index (χ2v) is 5.02. The van der Waals surface area contributed by atoms with Gasteiger partial charge < -0.3 is 10.4 Å². The highest BCUT2D eigenvalue weighted by Gasteiger charge is 2.17. The number of carboxylic acids is 1. The number of carbonyl (C=O) groups is 1. The topological polar surface area (TPSA) is 49.3 Å². The Labute approximate surface area is 119 Å². The molecular weight excluding hydrogens is 250 g/mol. The van der Waals surface area contributed by atoms with Gasteiger partial charge in [-0.25, -0.2) is 0 Å². The molecule has 0 radical (unpaired) electrons. The molecule has 1 atom stereocenters. The molecule has 0 aliphatic rings. The molecule has 104 valence electrons. The fourth-order valence-electron chi connectivity index (χ4n) is 2.15. The highest BCUT2D eigenvalue weighted by atomic mass is 16.4. The van der Waals surface area contributed by atoms with E-state index in [4.69, 9.17) is 0 Å². The lowest BCUT2D eigenvalue weighted by molar-refractivity contribution is -0.138. The van der Waals surface area contributed by atoms with Crippen LogP contribution in [0.25, 0.3) is 0 Å². The number of nitrogens with one attached hydrogen (secondary N) is 1. The maximum Gasteiger partial charge on any atom is 0.310 e. The summed E-state index contributed by atoms with van der Waals surface area (Å²) < 4.78 is 0. The Balaban J connectivity index is 2.39. The van der Waals surface area contributed by atoms with E-state index in [2.05, 4.69) is 25.2 Å². The van der Waals surface area contributed by atoms with E-state index in [0.29, 0.717) is 0 Å². The Hall–Kier alpha value is -2.29. The van der Waals surface area contributed by atoms with Crippen LogP contribution in [0.5, 0.6) is 0 Å². The molecule has 20 heavy (non-hydrogen) atoms. The molecule has 0 fully saturated rings. The van der Waals surface area contributed by atoms with Crippen LogP contribution >= 0.6 is 0 Å². The molecule has 0 spiro atoms. The molecule has 0 amide bonds. The van der Waals surface area contributed by atoms with Crippen molar-refractivity contribution in [2.75, 3.05) is 5.32 Å². The molecule has 2 rings (SSSR count). The van der Waals surface area contributed by atoms with Gasteiger partial charge in [-0.15, -0.1) is 0 Å². The predicted octanol–water partition coefficient (Wildman–Crippen LogP) is 4.24. The second kappa shape index (κ2) is 5.78. The van der Waals surface area contributed by atoms with E-state index in [1.54, 1.807) is 6.92 Å². The number of rotatable bonds is 4. The first-order valence-electron chi connectivity index (χ1n) is 6.65. The summed E-state index contributed by atoms with van der Waals surface area (Å²) in [6.45, 7) is 5.82. The molecule has 2 aromatic carbocycles. The smallest absolute Gasteiger partial charge is 0.310 e. The average molecular weight is 269 g/mol. The van der Waals surface area contributed by atoms with Gasteiger partial charge in [-0.3, -0.25) is 4.79 Å². The molecule has 3 heteroatoms. The van der Waals surface area contributed by atoms with Gasteiger partial charge in [0.1, 0.15) is 0 Å². The van der Waals surface area contributed by atoms with Crippen LogP contribution in [0.2, 0.25) is 0 Å². The van der Waals surface area contributed by atoms with Gasteiger partial charge in [0, 0.05) is 11.4 Å². The third-order valence-corrected chi connectivity index (χ3v) is 3.67. The lowest BCUT2D eigenvalue weighted by Gasteiger charge is -2.17. The van der Waals surface area contributed by atoms with Gasteiger partial charge in [-0.1, -0.05) is 30.3 Å². The van der Waals surface area contributed by atoms with Crippen molar-refractivity contribution in [3.8, 4) is 0 Å². The molecule has 2 aromatic rings. The number of aliphatic carboxylic acids is 1. The van der Waals surface area contributed by atoms with Crippen LogP contribution in [0.4, 0.5) is 11.4 Å². The Bertz CT molecular complexity index is 635. The predicted molar refractivity (Wildman–Crippen MR) is 81.7 cm³/mol. The summed E-state index contributed by atoms with van der Waals surface area (Å²) in [5.41, 5.74) is 5.02. The lowest BCUT2D eigenvalue weighted by atomic mass is 9.99. The monoisotopic (exact) mass is 269 g/mol. The molecule has 0 saturated carbocycles. The van der Waals surface area contributed by atoms with E-state index in [1.165, 1.54) is 11.1 Å². The Kier molecular flexibility index (Phi) is 4.08. The molecule has 0 saturated heterocycles. The van der Waals surface area contributed by atoms with Gasteiger partial charge in [0.25, 0.3) is 0 Å². The summed E-state index contributed by atoms with van der Waals surface area (Å²) in [6, 6.07) is 13.6. The van der Waals surface area contributed by atoms with Crippen molar-refractivity contribution >= 4 is 17.3 Å². The van der Waals surface area contributed by atoms with Crippen LogP contribution in [0.1, 0.15) is 29.5 Å². The second-order valence-electron chi connectivity index (χ2n) is 5.02. The Morgan fingerprint density at radius 2 is 1.70 bits per heavy atom. The van der Waals surface area contributed by atoms with E-state index >= 15 is 0 Å². The molecule has 3 nitrogen and oxygen atoms in total. The Morgan fingerprint density at radius 1 is 1.05 bits per heavy atom. The van der Waals surface area contributed by atoms with Gasteiger partial charge in [-0.05, 0) is 49.6 Å². The minimum Gasteiger partial charge on any atom is -0.481 e. The van der Waals surface area contributed by atoms with Crippen molar-refractivity contribution in [1.29, 1.82) is 0 Å². The first kappa shape index (κ1) is 14.1. The standard InChI is InChI=1S/C17H19NO2/c1-11-7-6-10-15(12(11)2)18-16-9-5-4-8-14(16)13(3)17(19)20/h4-10,13,18H,1-3H3,(H,19,20). The first-order valence-corrected chi connectivity index (χ1v) is 6.65. The summed E-state index contributed by atoms with van der Waals surface area (Å²) in [5, 5.41) is 12.6. The highest BCUT2D eigenvalue weighted by molar-refractivity contribution is 5.80. The number of anilines is 2. The number of para-hydroxylation sites is 1. The van der Waals surface area contributed by atoms with Crippen LogP contribution in [-0.2, 0) is 4.79 Å². The van der Waals surface area contributed by atoms with Crippen LogP contribution in [-0.4, -0.2) is 11.1 Å². The maximum atomic E-state index is 11.2. The first-order chi connectivity index (χ1) is 9.50. The van der Waals surface area contributed by atoms with Crippen LogP contribution in [0.3, 0.4) is 0 Å². The fraction of sp³-hybridized carbons (Fsp3) is 0.235. The minimum absolute atomic E-state index is 0.538. The van der Waals surface area contributed by atoms with Crippen molar-refractivity contribution in [2.45, 2.75) is 26.7 Å². The molecule has 0 aromatic heterocycles.